The number of halogens is 1. The fraction of sp³-hybridized carbons (Fsp3) is 0.632. The number of methoxy groups -OCH3 is 1. The monoisotopic (exact) mass is 443 g/mol. The van der Waals surface area contributed by atoms with E-state index in [0.29, 0.717) is 0 Å². The Morgan fingerprint density at radius 1 is 1.29 bits per heavy atom. The van der Waals surface area contributed by atoms with Gasteiger partial charge >= 0.3 is 0 Å². The number of guanidine groups is 1. The Balaban J connectivity index is 0.00000208. The maximum absolute atomic E-state index is 5.56. The highest BCUT2D eigenvalue weighted by molar-refractivity contribution is 14.0. The second-order valence-corrected chi connectivity index (χ2v) is 7.05. The molecule has 1 N–H and O–H groups in total. The second-order valence-electron chi connectivity index (χ2n) is 7.05. The van der Waals surface area contributed by atoms with Gasteiger partial charge in [0.15, 0.2) is 5.96 Å². The highest BCUT2D eigenvalue weighted by Crippen LogP contribution is 2.50. The van der Waals surface area contributed by atoms with E-state index in [4.69, 9.17) is 4.74 Å². The minimum absolute atomic E-state index is 0. The third-order valence-electron chi connectivity index (χ3n) is 5.41. The van der Waals surface area contributed by atoms with Gasteiger partial charge in [-0.2, -0.15) is 0 Å². The molecule has 24 heavy (non-hydrogen) atoms. The van der Waals surface area contributed by atoms with Crippen LogP contribution in [0.3, 0.4) is 0 Å². The summed E-state index contributed by atoms with van der Waals surface area (Å²) in [4.78, 5) is 6.91. The first kappa shape index (κ1) is 19.3. The van der Waals surface area contributed by atoms with E-state index in [-0.39, 0.29) is 29.4 Å². The normalized spacial score (nSPS) is 20.3. The molecule has 0 radical (unpaired) electrons. The van der Waals surface area contributed by atoms with Crippen molar-refractivity contribution < 1.29 is 4.74 Å². The van der Waals surface area contributed by atoms with E-state index in [1.807, 2.05) is 13.1 Å². The van der Waals surface area contributed by atoms with Gasteiger partial charge in [0.2, 0.25) is 0 Å². The van der Waals surface area contributed by atoms with Gasteiger partial charge in [0.05, 0.1) is 7.11 Å². The van der Waals surface area contributed by atoms with Crippen molar-refractivity contribution in [3.8, 4) is 5.75 Å². The predicted octanol–water partition coefficient (Wildman–Crippen LogP) is 3.65. The van der Waals surface area contributed by atoms with Crippen LogP contribution in [0, 0.1) is 5.92 Å². The zero-order valence-corrected chi connectivity index (χ0v) is 17.4. The lowest BCUT2D eigenvalue weighted by atomic mass is 9.95. The van der Waals surface area contributed by atoms with Crippen molar-refractivity contribution in [2.24, 2.45) is 10.9 Å². The molecule has 5 heteroatoms. The molecule has 0 atom stereocenters. The molecule has 0 bridgehead atoms. The number of hydrogen-bond acceptors (Lipinski definition) is 2. The van der Waals surface area contributed by atoms with Gasteiger partial charge < -0.3 is 15.0 Å². The van der Waals surface area contributed by atoms with Crippen LogP contribution in [0.1, 0.15) is 38.2 Å². The molecule has 0 unspecified atom stereocenters. The fourth-order valence-electron chi connectivity index (χ4n) is 3.58. The van der Waals surface area contributed by atoms with Gasteiger partial charge in [-0.25, -0.2) is 0 Å². The molecule has 134 valence electrons. The summed E-state index contributed by atoms with van der Waals surface area (Å²) in [6.07, 6.45) is 4.96. The van der Waals surface area contributed by atoms with Crippen molar-refractivity contribution in [2.75, 3.05) is 33.8 Å². The van der Waals surface area contributed by atoms with Gasteiger partial charge in [0.25, 0.3) is 0 Å². The van der Waals surface area contributed by atoms with Crippen molar-refractivity contribution in [1.29, 1.82) is 0 Å². The summed E-state index contributed by atoms with van der Waals surface area (Å²) in [7, 11) is 3.65. The molecule has 4 nitrogen and oxygen atoms in total. The summed E-state index contributed by atoms with van der Waals surface area (Å²) in [5, 5.41) is 3.63. The largest absolute Gasteiger partial charge is 0.496 e. The van der Waals surface area contributed by atoms with E-state index in [2.05, 4.69) is 40.3 Å². The van der Waals surface area contributed by atoms with Crippen LogP contribution in [-0.4, -0.2) is 44.7 Å². The number of likely N-dealkylation sites (tertiary alicyclic amines) is 1. The average Bonchev–Trinajstić information content (AvgIpc) is 3.38. The van der Waals surface area contributed by atoms with E-state index in [1.165, 1.54) is 31.2 Å². The third-order valence-corrected chi connectivity index (χ3v) is 5.41. The number of piperidine rings is 1. The number of hydrogen-bond donors (Lipinski definition) is 1. The minimum Gasteiger partial charge on any atom is -0.496 e. The Hall–Kier alpha value is -0.980. The first-order valence-electron chi connectivity index (χ1n) is 8.77. The highest BCUT2D eigenvalue weighted by Gasteiger charge is 2.46. The number of nitrogens with one attached hydrogen (secondary N) is 1. The molecule has 3 rings (SSSR count). The molecule has 1 heterocycles. The zero-order chi connectivity index (χ0) is 16.3. The number of ether oxygens (including phenoxy) is 1. The first-order valence-corrected chi connectivity index (χ1v) is 8.77. The Kier molecular flexibility index (Phi) is 6.78. The molecule has 0 spiro atoms. The SMILES string of the molecule is CN=C(NCC1(c2ccccc2OC)CC1)N1CCC(C)CC1.I. The van der Waals surface area contributed by atoms with Gasteiger partial charge in [-0.1, -0.05) is 25.1 Å². The Labute approximate surface area is 163 Å². The summed E-state index contributed by atoms with van der Waals surface area (Å²) in [6.45, 7) is 5.51. The summed E-state index contributed by atoms with van der Waals surface area (Å²) in [5.41, 5.74) is 1.55. The van der Waals surface area contributed by atoms with Crippen molar-refractivity contribution in [3.05, 3.63) is 29.8 Å². The van der Waals surface area contributed by atoms with Gasteiger partial charge in [-0.3, -0.25) is 4.99 Å². The predicted molar refractivity (Wildman–Crippen MR) is 111 cm³/mol. The van der Waals surface area contributed by atoms with Crippen LogP contribution < -0.4 is 10.1 Å². The van der Waals surface area contributed by atoms with Gasteiger partial charge in [0.1, 0.15) is 5.75 Å². The van der Waals surface area contributed by atoms with Crippen LogP contribution >= 0.6 is 24.0 Å². The molecule has 1 aromatic carbocycles. The molecular formula is C19H30IN3O. The fourth-order valence-corrected chi connectivity index (χ4v) is 3.58. The number of rotatable bonds is 4. The van der Waals surface area contributed by atoms with Gasteiger partial charge in [0, 0.05) is 37.7 Å². The van der Waals surface area contributed by atoms with E-state index in [9.17, 15) is 0 Å². The molecule has 0 amide bonds. The van der Waals surface area contributed by atoms with Crippen LogP contribution in [0.2, 0.25) is 0 Å². The van der Waals surface area contributed by atoms with Crippen molar-refractivity contribution in [1.82, 2.24) is 10.2 Å². The summed E-state index contributed by atoms with van der Waals surface area (Å²) in [5.74, 6) is 2.90. The Morgan fingerprint density at radius 3 is 2.54 bits per heavy atom. The highest BCUT2D eigenvalue weighted by atomic mass is 127. The number of benzene rings is 1. The molecule has 2 aliphatic rings. The molecule has 0 aromatic heterocycles. The first-order chi connectivity index (χ1) is 11.2. The van der Waals surface area contributed by atoms with E-state index < -0.39 is 0 Å². The summed E-state index contributed by atoms with van der Waals surface area (Å²) >= 11 is 0. The van der Waals surface area contributed by atoms with E-state index in [1.54, 1.807) is 7.11 Å². The third kappa shape index (κ3) is 4.16. The van der Waals surface area contributed by atoms with Crippen LogP contribution in [0.15, 0.2) is 29.3 Å². The van der Waals surface area contributed by atoms with Crippen molar-refractivity contribution in [3.63, 3.8) is 0 Å². The Morgan fingerprint density at radius 2 is 1.96 bits per heavy atom. The minimum atomic E-state index is 0. The molecule has 1 saturated heterocycles. The number of aliphatic imine (C=N–C) groups is 1. The zero-order valence-electron chi connectivity index (χ0n) is 15.0. The molecule has 2 fully saturated rings. The lowest BCUT2D eigenvalue weighted by molar-refractivity contribution is 0.272. The molecule has 1 aromatic rings. The maximum atomic E-state index is 5.56. The van der Waals surface area contributed by atoms with Crippen molar-refractivity contribution in [2.45, 2.75) is 38.0 Å². The standard InChI is InChI=1S/C19H29N3O.HI/c1-15-8-12-22(13-9-15)18(20-2)21-14-19(10-11-19)16-6-4-5-7-17(16)23-3;/h4-7,15H,8-14H2,1-3H3,(H,20,21);1H. The van der Waals surface area contributed by atoms with Crippen molar-refractivity contribution >= 4 is 29.9 Å². The topological polar surface area (TPSA) is 36.9 Å². The van der Waals surface area contributed by atoms with Crippen LogP contribution in [0.4, 0.5) is 0 Å². The average molecular weight is 443 g/mol. The maximum Gasteiger partial charge on any atom is 0.193 e. The van der Waals surface area contributed by atoms with Gasteiger partial charge in [-0.05, 0) is 37.7 Å². The van der Waals surface area contributed by atoms with E-state index >= 15 is 0 Å². The summed E-state index contributed by atoms with van der Waals surface area (Å²) < 4.78 is 5.56. The number of nitrogens with zero attached hydrogens (tertiary/aromatic N) is 2. The lowest BCUT2D eigenvalue weighted by Crippen LogP contribution is -2.47. The smallest absolute Gasteiger partial charge is 0.193 e. The lowest BCUT2D eigenvalue weighted by Gasteiger charge is -2.33. The molecular weight excluding hydrogens is 413 g/mol. The quantitative estimate of drug-likeness (QED) is 0.439. The summed E-state index contributed by atoms with van der Waals surface area (Å²) in [6, 6.07) is 8.42. The molecule has 1 saturated carbocycles. The molecule has 1 aliphatic heterocycles. The van der Waals surface area contributed by atoms with Crippen LogP contribution in [0.5, 0.6) is 5.75 Å². The molecule has 1 aliphatic carbocycles. The van der Waals surface area contributed by atoms with Gasteiger partial charge in [-0.15, -0.1) is 24.0 Å². The Bertz CT molecular complexity index is 563. The van der Waals surface area contributed by atoms with Crippen LogP contribution in [-0.2, 0) is 5.41 Å². The second kappa shape index (κ2) is 8.41. The number of para-hydroxylation sites is 1. The van der Waals surface area contributed by atoms with Crippen LogP contribution in [0.25, 0.3) is 0 Å². The van der Waals surface area contributed by atoms with E-state index in [0.717, 1.165) is 37.3 Å².